The number of rotatable bonds is 8. The molecule has 186 valence electrons. The molecule has 4 rings (SSSR count). The largest absolute Gasteiger partial charge is 0.481 e. The van der Waals surface area contributed by atoms with Crippen molar-refractivity contribution in [1.29, 1.82) is 0 Å². The van der Waals surface area contributed by atoms with Crippen molar-refractivity contribution in [1.82, 2.24) is 10.6 Å². The minimum absolute atomic E-state index is 0.0310. The second-order valence-corrected chi connectivity index (χ2v) is 9.87. The number of carboxylic acid groups (broad SMARTS) is 1. The molecular formula is C28H34N2O5. The van der Waals surface area contributed by atoms with Crippen LogP contribution < -0.4 is 10.6 Å². The number of carbonyl (C=O) groups excluding carboxylic acids is 2. The van der Waals surface area contributed by atoms with Crippen molar-refractivity contribution in [2.75, 3.05) is 6.61 Å². The van der Waals surface area contributed by atoms with Crippen molar-refractivity contribution in [2.24, 2.45) is 5.41 Å². The van der Waals surface area contributed by atoms with Gasteiger partial charge in [-0.05, 0) is 48.4 Å². The van der Waals surface area contributed by atoms with E-state index in [1.165, 1.54) is 0 Å². The minimum Gasteiger partial charge on any atom is -0.481 e. The van der Waals surface area contributed by atoms with E-state index in [9.17, 15) is 19.5 Å². The summed E-state index contributed by atoms with van der Waals surface area (Å²) in [5.74, 6) is -1.17. The highest BCUT2D eigenvalue weighted by atomic mass is 16.5. The SMILES string of the molecule is CC[C@H](CC(=O)NC1CCCCC1(C)C(=O)O)NC(=O)OCC1c2ccccc2-c2ccccc21. The van der Waals surface area contributed by atoms with Gasteiger partial charge in [0, 0.05) is 24.4 Å². The smallest absolute Gasteiger partial charge is 0.407 e. The monoisotopic (exact) mass is 478 g/mol. The Labute approximate surface area is 206 Å². The number of carboxylic acids is 1. The molecule has 0 bridgehead atoms. The molecule has 3 atom stereocenters. The van der Waals surface area contributed by atoms with E-state index in [1.54, 1.807) is 6.92 Å². The highest BCUT2D eigenvalue weighted by Crippen LogP contribution is 2.44. The minimum atomic E-state index is -0.962. The second kappa shape index (κ2) is 10.5. The average molecular weight is 479 g/mol. The van der Waals surface area contributed by atoms with Crippen molar-refractivity contribution in [3.05, 3.63) is 59.7 Å². The van der Waals surface area contributed by atoms with Crippen LogP contribution in [0.25, 0.3) is 11.1 Å². The van der Waals surface area contributed by atoms with Crippen LogP contribution in [0.4, 0.5) is 4.79 Å². The number of ether oxygens (including phenoxy) is 1. The Morgan fingerprint density at radius 1 is 1.06 bits per heavy atom. The van der Waals surface area contributed by atoms with Crippen LogP contribution in [-0.2, 0) is 14.3 Å². The Kier molecular flexibility index (Phi) is 7.43. The van der Waals surface area contributed by atoms with E-state index in [0.29, 0.717) is 19.3 Å². The van der Waals surface area contributed by atoms with E-state index in [4.69, 9.17) is 4.74 Å². The maximum absolute atomic E-state index is 12.7. The molecule has 0 spiro atoms. The molecule has 2 aliphatic rings. The average Bonchev–Trinajstić information content (AvgIpc) is 3.17. The first-order valence-corrected chi connectivity index (χ1v) is 12.5. The summed E-state index contributed by atoms with van der Waals surface area (Å²) in [4.78, 5) is 37.1. The van der Waals surface area contributed by atoms with E-state index in [0.717, 1.165) is 35.1 Å². The van der Waals surface area contributed by atoms with E-state index in [-0.39, 0.29) is 24.9 Å². The number of nitrogens with one attached hydrogen (secondary N) is 2. The maximum atomic E-state index is 12.7. The van der Waals surface area contributed by atoms with Crippen LogP contribution in [0.1, 0.15) is 69.4 Å². The van der Waals surface area contributed by atoms with Gasteiger partial charge in [0.15, 0.2) is 0 Å². The molecule has 1 fully saturated rings. The molecule has 0 aromatic heterocycles. The Morgan fingerprint density at radius 2 is 1.69 bits per heavy atom. The normalized spacial score (nSPS) is 21.9. The quantitative estimate of drug-likeness (QED) is 0.503. The highest BCUT2D eigenvalue weighted by Gasteiger charge is 2.44. The molecule has 0 radical (unpaired) electrons. The molecule has 0 saturated heterocycles. The third kappa shape index (κ3) is 5.19. The third-order valence-corrected chi connectivity index (χ3v) is 7.62. The van der Waals surface area contributed by atoms with Crippen molar-refractivity contribution < 1.29 is 24.2 Å². The molecule has 0 heterocycles. The van der Waals surface area contributed by atoms with E-state index < -0.39 is 29.6 Å². The summed E-state index contributed by atoms with van der Waals surface area (Å²) in [5, 5.41) is 15.4. The van der Waals surface area contributed by atoms with Crippen molar-refractivity contribution in [3.8, 4) is 11.1 Å². The fourth-order valence-corrected chi connectivity index (χ4v) is 5.40. The van der Waals surface area contributed by atoms with Gasteiger partial charge in [-0.3, -0.25) is 9.59 Å². The predicted octanol–water partition coefficient (Wildman–Crippen LogP) is 4.84. The Hall–Kier alpha value is -3.35. The third-order valence-electron chi connectivity index (χ3n) is 7.62. The molecule has 2 aliphatic carbocycles. The molecule has 7 heteroatoms. The Morgan fingerprint density at radius 3 is 2.29 bits per heavy atom. The van der Waals surface area contributed by atoms with Crippen LogP contribution in [0.15, 0.2) is 48.5 Å². The predicted molar refractivity (Wildman–Crippen MR) is 133 cm³/mol. The number of hydrogen-bond donors (Lipinski definition) is 3. The number of amides is 2. The standard InChI is InChI=1S/C28H34N2O5/c1-3-18(16-25(31)30-24-14-8-9-15-28(24,2)26(32)33)29-27(34)35-17-23-21-12-6-4-10-19(21)20-11-5-7-13-22(20)23/h4-7,10-13,18,23-24H,3,8-9,14-17H2,1-2H3,(H,29,34)(H,30,31)(H,32,33)/t18-,24?,28?/m1/s1. The first-order chi connectivity index (χ1) is 16.8. The van der Waals surface area contributed by atoms with Crippen LogP contribution in [0.3, 0.4) is 0 Å². The van der Waals surface area contributed by atoms with Gasteiger partial charge in [-0.25, -0.2) is 4.79 Å². The number of benzene rings is 2. The van der Waals surface area contributed by atoms with Gasteiger partial charge < -0.3 is 20.5 Å². The topological polar surface area (TPSA) is 105 Å². The van der Waals surface area contributed by atoms with E-state index in [2.05, 4.69) is 34.9 Å². The molecule has 2 aromatic carbocycles. The summed E-state index contributed by atoms with van der Waals surface area (Å²) in [6.45, 7) is 3.80. The van der Waals surface area contributed by atoms with Gasteiger partial charge in [0.25, 0.3) is 0 Å². The molecule has 1 saturated carbocycles. The fraction of sp³-hybridized carbons (Fsp3) is 0.464. The van der Waals surface area contributed by atoms with Crippen LogP contribution in [0, 0.1) is 5.41 Å². The van der Waals surface area contributed by atoms with E-state index >= 15 is 0 Å². The lowest BCUT2D eigenvalue weighted by molar-refractivity contribution is -0.152. The molecule has 35 heavy (non-hydrogen) atoms. The molecular weight excluding hydrogens is 444 g/mol. The first kappa shape index (κ1) is 24.8. The Bertz CT molecular complexity index is 1050. The lowest BCUT2D eigenvalue weighted by Gasteiger charge is -2.38. The van der Waals surface area contributed by atoms with Gasteiger partial charge in [-0.1, -0.05) is 68.3 Å². The number of hydrogen-bond acceptors (Lipinski definition) is 4. The lowest BCUT2D eigenvalue weighted by atomic mass is 9.71. The Balaban J connectivity index is 1.32. The van der Waals surface area contributed by atoms with Crippen LogP contribution in [-0.4, -0.2) is 41.8 Å². The summed E-state index contributed by atoms with van der Waals surface area (Å²) < 4.78 is 5.61. The zero-order valence-electron chi connectivity index (χ0n) is 20.4. The van der Waals surface area contributed by atoms with Gasteiger partial charge in [-0.2, -0.15) is 0 Å². The lowest BCUT2D eigenvalue weighted by Crippen LogP contribution is -2.53. The van der Waals surface area contributed by atoms with Gasteiger partial charge in [0.2, 0.25) is 5.91 Å². The maximum Gasteiger partial charge on any atom is 0.407 e. The fourth-order valence-electron chi connectivity index (χ4n) is 5.40. The van der Waals surface area contributed by atoms with Crippen molar-refractivity contribution in [2.45, 2.75) is 70.4 Å². The summed E-state index contributed by atoms with van der Waals surface area (Å²) in [6.07, 6.45) is 3.00. The molecule has 7 nitrogen and oxygen atoms in total. The van der Waals surface area contributed by atoms with Crippen LogP contribution >= 0.6 is 0 Å². The number of carbonyl (C=O) groups is 3. The highest BCUT2D eigenvalue weighted by molar-refractivity contribution is 5.81. The number of alkyl carbamates (subject to hydrolysis) is 1. The molecule has 3 N–H and O–H groups in total. The van der Waals surface area contributed by atoms with Crippen LogP contribution in [0.5, 0.6) is 0 Å². The zero-order valence-corrected chi connectivity index (χ0v) is 20.4. The van der Waals surface area contributed by atoms with Crippen molar-refractivity contribution >= 4 is 18.0 Å². The molecule has 0 aliphatic heterocycles. The van der Waals surface area contributed by atoms with Crippen LogP contribution in [0.2, 0.25) is 0 Å². The van der Waals surface area contributed by atoms with Gasteiger partial charge in [0.1, 0.15) is 6.61 Å². The zero-order chi connectivity index (χ0) is 25.0. The van der Waals surface area contributed by atoms with E-state index in [1.807, 2.05) is 31.2 Å². The summed E-state index contributed by atoms with van der Waals surface area (Å²) in [5.41, 5.74) is 3.65. The summed E-state index contributed by atoms with van der Waals surface area (Å²) in [6, 6.07) is 15.5. The van der Waals surface area contributed by atoms with Gasteiger partial charge in [-0.15, -0.1) is 0 Å². The molecule has 2 amide bonds. The van der Waals surface area contributed by atoms with Gasteiger partial charge in [0.05, 0.1) is 5.41 Å². The second-order valence-electron chi connectivity index (χ2n) is 9.87. The summed E-state index contributed by atoms with van der Waals surface area (Å²) in [7, 11) is 0. The van der Waals surface area contributed by atoms with Gasteiger partial charge >= 0.3 is 12.1 Å². The number of fused-ring (bicyclic) bond motifs is 3. The first-order valence-electron chi connectivity index (χ1n) is 12.5. The molecule has 2 aromatic rings. The molecule has 2 unspecified atom stereocenters. The van der Waals surface area contributed by atoms with Crippen molar-refractivity contribution in [3.63, 3.8) is 0 Å². The number of aliphatic carboxylic acids is 1. The summed E-state index contributed by atoms with van der Waals surface area (Å²) >= 11 is 0.